The van der Waals surface area contributed by atoms with Crippen LogP contribution in [0.1, 0.15) is 27.4 Å². The Kier molecular flexibility index (Phi) is 5.61. The Morgan fingerprint density at radius 3 is 2.47 bits per heavy atom. The van der Waals surface area contributed by atoms with Crippen LogP contribution in [-0.2, 0) is 9.53 Å². The molecule has 36 heavy (non-hydrogen) atoms. The number of nitro benzene ring substituents is 1. The Bertz CT molecular complexity index is 1440. The maximum absolute atomic E-state index is 14.2. The van der Waals surface area contributed by atoms with Crippen molar-refractivity contribution in [2.75, 3.05) is 12.0 Å². The van der Waals surface area contributed by atoms with Crippen molar-refractivity contribution in [2.45, 2.75) is 18.0 Å². The molecule has 4 atom stereocenters. The molecular formula is C28H21N3O5. The van der Waals surface area contributed by atoms with Gasteiger partial charge in [-0.1, -0.05) is 72.8 Å². The number of nitriles is 1. The molecular weight excluding hydrogens is 458 g/mol. The second-order valence-corrected chi connectivity index (χ2v) is 8.75. The molecule has 2 heterocycles. The first-order chi connectivity index (χ1) is 17.4. The van der Waals surface area contributed by atoms with Crippen LogP contribution in [0.4, 0.5) is 11.4 Å². The number of hydrogen-bond donors (Lipinski definition) is 0. The predicted octanol–water partition coefficient (Wildman–Crippen LogP) is 4.53. The summed E-state index contributed by atoms with van der Waals surface area (Å²) in [6.07, 6.45) is 3.60. The summed E-state index contributed by atoms with van der Waals surface area (Å²) in [5.41, 5.74) is 0.297. The summed E-state index contributed by atoms with van der Waals surface area (Å²) in [6, 6.07) is 22.3. The monoisotopic (exact) mass is 479 g/mol. The third kappa shape index (κ3) is 3.28. The number of benzene rings is 3. The van der Waals surface area contributed by atoms with Crippen molar-refractivity contribution < 1.29 is 19.2 Å². The van der Waals surface area contributed by atoms with E-state index in [1.54, 1.807) is 35.2 Å². The molecule has 0 spiro atoms. The topological polar surface area (TPSA) is 114 Å². The quantitative estimate of drug-likeness (QED) is 0.229. The normalized spacial score (nSPS) is 23.8. The molecule has 3 aromatic carbocycles. The Morgan fingerprint density at radius 1 is 1.06 bits per heavy atom. The van der Waals surface area contributed by atoms with Crippen LogP contribution in [0.5, 0.6) is 0 Å². The number of ketones is 1. The van der Waals surface area contributed by atoms with E-state index >= 15 is 0 Å². The molecule has 2 aliphatic rings. The summed E-state index contributed by atoms with van der Waals surface area (Å²) in [5.74, 6) is -2.08. The third-order valence-corrected chi connectivity index (χ3v) is 7.02. The second-order valence-electron chi connectivity index (χ2n) is 8.75. The average Bonchev–Trinajstić information content (AvgIpc) is 3.24. The van der Waals surface area contributed by atoms with E-state index in [0.717, 1.165) is 5.56 Å². The highest BCUT2D eigenvalue weighted by atomic mass is 16.6. The van der Waals surface area contributed by atoms with Crippen LogP contribution in [0.3, 0.4) is 0 Å². The summed E-state index contributed by atoms with van der Waals surface area (Å²) in [5, 5.41) is 22.0. The van der Waals surface area contributed by atoms with Crippen molar-refractivity contribution in [3.05, 3.63) is 112 Å². The van der Waals surface area contributed by atoms with Gasteiger partial charge < -0.3 is 9.64 Å². The van der Waals surface area contributed by atoms with Crippen LogP contribution in [0, 0.1) is 26.9 Å². The average molecular weight is 479 g/mol. The minimum Gasteiger partial charge on any atom is -0.468 e. The van der Waals surface area contributed by atoms with Gasteiger partial charge in [0.25, 0.3) is 5.69 Å². The van der Waals surface area contributed by atoms with E-state index in [-0.39, 0.29) is 11.3 Å². The molecule has 0 bridgehead atoms. The van der Waals surface area contributed by atoms with Gasteiger partial charge in [-0.05, 0) is 17.2 Å². The highest BCUT2D eigenvalue weighted by Gasteiger charge is 2.67. The lowest BCUT2D eigenvalue weighted by Crippen LogP contribution is -2.46. The Hall–Kier alpha value is -4.77. The van der Waals surface area contributed by atoms with Crippen molar-refractivity contribution in [3.8, 4) is 6.07 Å². The molecule has 0 unspecified atom stereocenters. The van der Waals surface area contributed by atoms with Gasteiger partial charge in [0, 0.05) is 29.3 Å². The number of carbonyl (C=O) groups excluding carboxylic acids is 2. The maximum Gasteiger partial charge on any atom is 0.329 e. The maximum atomic E-state index is 14.2. The zero-order chi connectivity index (χ0) is 25.4. The molecule has 0 saturated carbocycles. The van der Waals surface area contributed by atoms with Gasteiger partial charge in [0.15, 0.2) is 11.2 Å². The third-order valence-electron chi connectivity index (χ3n) is 7.02. The van der Waals surface area contributed by atoms with E-state index in [4.69, 9.17) is 4.74 Å². The molecule has 8 heteroatoms. The SMILES string of the molecule is COC(=O)[C@]1(C#N)[C@@H](c2ccccc2)[C@@H](C(=O)c2cccc([N+](=O)[O-])c2)N2c3ccccc3C=C[C@@H]21. The molecule has 178 valence electrons. The van der Waals surface area contributed by atoms with Crippen LogP contribution in [0.2, 0.25) is 0 Å². The minimum absolute atomic E-state index is 0.125. The minimum atomic E-state index is -1.75. The molecule has 5 rings (SSSR count). The van der Waals surface area contributed by atoms with Gasteiger partial charge in [-0.2, -0.15) is 5.26 Å². The van der Waals surface area contributed by atoms with Gasteiger partial charge in [0.05, 0.1) is 24.1 Å². The summed E-state index contributed by atoms with van der Waals surface area (Å²) < 4.78 is 5.18. The van der Waals surface area contributed by atoms with Crippen molar-refractivity contribution in [2.24, 2.45) is 5.41 Å². The van der Waals surface area contributed by atoms with Gasteiger partial charge in [0.1, 0.15) is 6.04 Å². The fraction of sp³-hybridized carbons (Fsp3) is 0.179. The van der Waals surface area contributed by atoms with E-state index in [2.05, 4.69) is 6.07 Å². The molecule has 0 aromatic heterocycles. The van der Waals surface area contributed by atoms with Crippen LogP contribution in [0.25, 0.3) is 6.08 Å². The van der Waals surface area contributed by atoms with Crippen LogP contribution in [-0.4, -0.2) is 35.9 Å². The van der Waals surface area contributed by atoms with E-state index in [1.807, 2.05) is 36.4 Å². The molecule has 0 amide bonds. The van der Waals surface area contributed by atoms with Crippen LogP contribution < -0.4 is 4.90 Å². The fourth-order valence-corrected chi connectivity index (χ4v) is 5.51. The van der Waals surface area contributed by atoms with E-state index in [0.29, 0.717) is 11.3 Å². The van der Waals surface area contributed by atoms with Gasteiger partial charge in [-0.15, -0.1) is 0 Å². The highest BCUT2D eigenvalue weighted by Crippen LogP contribution is 2.56. The lowest BCUT2D eigenvalue weighted by Gasteiger charge is -2.36. The first kappa shape index (κ1) is 23.0. The smallest absolute Gasteiger partial charge is 0.329 e. The van der Waals surface area contributed by atoms with Gasteiger partial charge >= 0.3 is 5.97 Å². The number of Topliss-reactive ketones (excluding diaryl/α,β-unsaturated/α-hetero) is 1. The highest BCUT2D eigenvalue weighted by molar-refractivity contribution is 6.06. The number of carbonyl (C=O) groups is 2. The lowest BCUT2D eigenvalue weighted by molar-refractivity contribution is -0.384. The molecule has 0 N–H and O–H groups in total. The number of esters is 1. The number of hydrogen-bond acceptors (Lipinski definition) is 7. The lowest BCUT2D eigenvalue weighted by atomic mass is 9.68. The summed E-state index contributed by atoms with van der Waals surface area (Å²) in [4.78, 5) is 40.4. The Morgan fingerprint density at radius 2 is 1.78 bits per heavy atom. The van der Waals surface area contributed by atoms with Crippen molar-refractivity contribution in [1.29, 1.82) is 5.26 Å². The number of methoxy groups -OCH3 is 1. The zero-order valence-electron chi connectivity index (χ0n) is 19.3. The Labute approximate surface area is 207 Å². The summed E-state index contributed by atoms with van der Waals surface area (Å²) in [7, 11) is 1.23. The first-order valence-corrected chi connectivity index (χ1v) is 11.3. The molecule has 0 aliphatic carbocycles. The largest absolute Gasteiger partial charge is 0.468 e. The number of fused-ring (bicyclic) bond motifs is 3. The van der Waals surface area contributed by atoms with Crippen molar-refractivity contribution in [3.63, 3.8) is 0 Å². The molecule has 2 aliphatic heterocycles. The van der Waals surface area contributed by atoms with Crippen LogP contribution >= 0.6 is 0 Å². The predicted molar refractivity (Wildman–Crippen MR) is 132 cm³/mol. The van der Waals surface area contributed by atoms with E-state index in [9.17, 15) is 25.0 Å². The number of ether oxygens (including phenoxy) is 1. The Balaban J connectivity index is 1.80. The zero-order valence-corrected chi connectivity index (χ0v) is 19.3. The number of nitrogens with zero attached hydrogens (tertiary/aromatic N) is 3. The van der Waals surface area contributed by atoms with Gasteiger partial charge in [-0.3, -0.25) is 19.7 Å². The fourth-order valence-electron chi connectivity index (χ4n) is 5.51. The van der Waals surface area contributed by atoms with Gasteiger partial charge in [0.2, 0.25) is 0 Å². The van der Waals surface area contributed by atoms with E-state index < -0.39 is 40.1 Å². The van der Waals surface area contributed by atoms with Crippen molar-refractivity contribution >= 4 is 29.2 Å². The van der Waals surface area contributed by atoms with Crippen molar-refractivity contribution in [1.82, 2.24) is 0 Å². The summed E-state index contributed by atoms with van der Waals surface area (Å²) in [6.45, 7) is 0. The molecule has 8 nitrogen and oxygen atoms in total. The number of non-ortho nitro benzene ring substituents is 1. The number of nitro groups is 1. The number of para-hydroxylation sites is 1. The number of anilines is 1. The molecule has 1 fully saturated rings. The molecule has 1 saturated heterocycles. The van der Waals surface area contributed by atoms with Crippen LogP contribution in [0.15, 0.2) is 84.9 Å². The first-order valence-electron chi connectivity index (χ1n) is 11.3. The standard InChI is InChI=1S/C28H21N3O5/c1-36-27(33)28(17-29)23-15-14-18-8-5-6-13-22(18)30(23)25(24(28)19-9-3-2-4-10-19)26(32)20-11-7-12-21(16-20)31(34)35/h2-16,23-25H,1H3/t23-,24+,25+,28+/m1/s1. The molecule has 3 aromatic rings. The van der Waals surface area contributed by atoms with Gasteiger partial charge in [-0.25, -0.2) is 0 Å². The molecule has 0 radical (unpaired) electrons. The second kappa shape index (κ2) is 8.78. The van der Waals surface area contributed by atoms with E-state index in [1.165, 1.54) is 31.4 Å². The number of rotatable bonds is 5. The summed E-state index contributed by atoms with van der Waals surface area (Å²) >= 11 is 0.